The number of aromatic nitrogens is 2. The maximum Gasteiger partial charge on any atom is 0.337 e. The monoisotopic (exact) mass is 538 g/mol. The number of hydrogen-bond donors (Lipinski definition) is 6. The number of nitrogens with one attached hydrogen (secondary N) is 4. The van der Waals surface area contributed by atoms with E-state index in [1.807, 2.05) is 72.9 Å². The minimum Gasteiger partial charge on any atom is -0.480 e. The highest BCUT2D eigenvalue weighted by Crippen LogP contribution is 2.20. The fourth-order valence-corrected chi connectivity index (χ4v) is 4.72. The van der Waals surface area contributed by atoms with E-state index >= 15 is 0 Å². The Morgan fingerprint density at radius 3 is 1.95 bits per heavy atom. The smallest absolute Gasteiger partial charge is 0.337 e. The number of hydrazine groups is 1. The van der Waals surface area contributed by atoms with E-state index in [0.29, 0.717) is 0 Å². The Labute approximate surface area is 230 Å². The molecule has 0 unspecified atom stereocenters. The third kappa shape index (κ3) is 5.97. The molecule has 0 saturated heterocycles. The molecule has 10 heteroatoms. The van der Waals surface area contributed by atoms with Gasteiger partial charge in [-0.05, 0) is 35.2 Å². The maximum atomic E-state index is 13.4. The maximum absolute atomic E-state index is 13.4. The molecule has 2 atom stereocenters. The number of para-hydroxylation sites is 2. The van der Waals surface area contributed by atoms with E-state index in [0.717, 1.165) is 43.5 Å². The number of carbonyl (C=O) groups excluding carboxylic acids is 2. The molecule has 2 aromatic heterocycles. The Balaban J connectivity index is 1.31. The molecule has 0 aliphatic rings. The van der Waals surface area contributed by atoms with E-state index in [9.17, 15) is 19.5 Å². The van der Waals surface area contributed by atoms with E-state index < -0.39 is 30.0 Å². The standard InChI is InChI=1S/C30H30N6O4/c31-24(14-20-16-32-25-12-6-4-10-22(20)25)28(37)35-36(18-19-8-2-1-3-9-19)30(40)34-27(29(38)39)15-21-17-33-26-13-7-5-11-23(21)26/h1-13,16-17,24,27,32-33H,14-15,18,31H2,(H,34,40)(H,35,37)(H,38,39)/t24-,27-/m1/s1. The molecule has 0 spiro atoms. The number of amides is 3. The highest BCUT2D eigenvalue weighted by molar-refractivity contribution is 5.89. The summed E-state index contributed by atoms with van der Waals surface area (Å²) in [6.07, 6.45) is 3.85. The summed E-state index contributed by atoms with van der Waals surface area (Å²) in [7, 11) is 0. The fourth-order valence-electron chi connectivity index (χ4n) is 4.72. The van der Waals surface area contributed by atoms with E-state index in [4.69, 9.17) is 5.73 Å². The summed E-state index contributed by atoms with van der Waals surface area (Å²) in [4.78, 5) is 45.0. The van der Waals surface area contributed by atoms with Gasteiger partial charge in [-0.1, -0.05) is 66.7 Å². The largest absolute Gasteiger partial charge is 0.480 e. The van der Waals surface area contributed by atoms with Crippen molar-refractivity contribution in [2.45, 2.75) is 31.5 Å². The lowest BCUT2D eigenvalue weighted by molar-refractivity contribution is -0.139. The number of aliphatic carboxylic acids is 1. The van der Waals surface area contributed by atoms with Crippen molar-refractivity contribution in [3.8, 4) is 0 Å². The van der Waals surface area contributed by atoms with Crippen molar-refractivity contribution in [3.63, 3.8) is 0 Å². The fraction of sp³-hybridized carbons (Fsp3) is 0.167. The number of benzene rings is 3. The first-order chi connectivity index (χ1) is 19.4. The van der Waals surface area contributed by atoms with Crippen molar-refractivity contribution in [2.75, 3.05) is 0 Å². The van der Waals surface area contributed by atoms with Gasteiger partial charge in [0.25, 0.3) is 5.91 Å². The highest BCUT2D eigenvalue weighted by atomic mass is 16.4. The van der Waals surface area contributed by atoms with Crippen LogP contribution in [0.15, 0.2) is 91.3 Å². The summed E-state index contributed by atoms with van der Waals surface area (Å²) in [5.74, 6) is -1.76. The van der Waals surface area contributed by atoms with Crippen LogP contribution >= 0.6 is 0 Å². The van der Waals surface area contributed by atoms with E-state index in [2.05, 4.69) is 20.7 Å². The zero-order valence-corrected chi connectivity index (χ0v) is 21.6. The molecule has 7 N–H and O–H groups in total. The molecule has 5 rings (SSSR count). The van der Waals surface area contributed by atoms with Gasteiger partial charge in [0, 0.05) is 40.6 Å². The van der Waals surface area contributed by atoms with Crippen molar-refractivity contribution in [2.24, 2.45) is 5.73 Å². The van der Waals surface area contributed by atoms with Crippen molar-refractivity contribution in [1.29, 1.82) is 0 Å². The summed E-state index contributed by atoms with van der Waals surface area (Å²) < 4.78 is 0. The topological polar surface area (TPSA) is 156 Å². The van der Waals surface area contributed by atoms with Crippen LogP contribution in [0.4, 0.5) is 4.79 Å². The molecule has 0 aliphatic carbocycles. The summed E-state index contributed by atoms with van der Waals surface area (Å²) in [6.45, 7) is 0.0116. The van der Waals surface area contributed by atoms with Crippen LogP contribution in [0.3, 0.4) is 0 Å². The van der Waals surface area contributed by atoms with Crippen LogP contribution in [0.1, 0.15) is 16.7 Å². The number of hydrogen-bond acceptors (Lipinski definition) is 4. The van der Waals surface area contributed by atoms with E-state index in [-0.39, 0.29) is 19.4 Å². The summed E-state index contributed by atoms with van der Waals surface area (Å²) in [5.41, 5.74) is 13.0. The van der Waals surface area contributed by atoms with Gasteiger partial charge in [0.1, 0.15) is 6.04 Å². The Bertz CT molecular complexity index is 1640. The molecule has 204 valence electrons. The molecule has 0 aliphatic heterocycles. The third-order valence-electron chi connectivity index (χ3n) is 6.82. The van der Waals surface area contributed by atoms with Crippen LogP contribution in [0, 0.1) is 0 Å². The first kappa shape index (κ1) is 26.5. The van der Waals surface area contributed by atoms with Crippen molar-refractivity contribution >= 4 is 39.7 Å². The Morgan fingerprint density at radius 1 is 0.800 bits per heavy atom. The van der Waals surface area contributed by atoms with Crippen LogP contribution in [-0.2, 0) is 29.0 Å². The number of nitrogens with zero attached hydrogens (tertiary/aromatic N) is 1. The number of carboxylic acids is 1. The second-order valence-electron chi connectivity index (χ2n) is 9.62. The lowest BCUT2D eigenvalue weighted by Gasteiger charge is -2.27. The zero-order valence-electron chi connectivity index (χ0n) is 21.6. The molecular formula is C30H30N6O4. The second-order valence-corrected chi connectivity index (χ2v) is 9.62. The molecule has 10 nitrogen and oxygen atoms in total. The molecule has 5 aromatic rings. The van der Waals surface area contributed by atoms with Gasteiger partial charge < -0.3 is 26.1 Å². The SMILES string of the molecule is N[C@H](Cc1c[nH]c2ccccc12)C(=O)NN(Cc1ccccc1)C(=O)N[C@H](Cc1c[nH]c2ccccc12)C(=O)O. The van der Waals surface area contributed by atoms with Gasteiger partial charge in [0.2, 0.25) is 0 Å². The molecule has 40 heavy (non-hydrogen) atoms. The predicted molar refractivity (Wildman–Crippen MR) is 152 cm³/mol. The summed E-state index contributed by atoms with van der Waals surface area (Å²) in [6, 6.07) is 21.4. The molecule has 3 aromatic carbocycles. The number of fused-ring (bicyclic) bond motifs is 2. The number of rotatable bonds is 9. The van der Waals surface area contributed by atoms with Crippen LogP contribution in [0.5, 0.6) is 0 Å². The van der Waals surface area contributed by atoms with E-state index in [1.165, 1.54) is 0 Å². The quantitative estimate of drug-likeness (QED) is 0.159. The predicted octanol–water partition coefficient (Wildman–Crippen LogP) is 3.46. The Morgan fingerprint density at radius 2 is 1.35 bits per heavy atom. The van der Waals surface area contributed by atoms with Crippen LogP contribution in [0.2, 0.25) is 0 Å². The van der Waals surface area contributed by atoms with Crippen molar-refractivity contribution < 1.29 is 19.5 Å². The molecule has 0 fully saturated rings. The Kier molecular flexibility index (Phi) is 7.79. The van der Waals surface area contributed by atoms with Gasteiger partial charge in [0.15, 0.2) is 0 Å². The van der Waals surface area contributed by atoms with Crippen LogP contribution in [-0.4, -0.2) is 50.1 Å². The molecule has 2 heterocycles. The summed E-state index contributed by atoms with van der Waals surface area (Å²) in [5, 5.41) is 15.4. The van der Waals surface area contributed by atoms with Gasteiger partial charge in [-0.25, -0.2) is 14.6 Å². The minimum absolute atomic E-state index is 0.0116. The number of urea groups is 1. The van der Waals surface area contributed by atoms with Crippen LogP contribution < -0.4 is 16.5 Å². The first-order valence-corrected chi connectivity index (χ1v) is 12.9. The molecule has 0 bridgehead atoms. The summed E-state index contributed by atoms with van der Waals surface area (Å²) >= 11 is 0. The minimum atomic E-state index is -1.23. The molecule has 3 amide bonds. The number of carbonyl (C=O) groups is 3. The van der Waals surface area contributed by atoms with Crippen molar-refractivity contribution in [1.82, 2.24) is 25.7 Å². The van der Waals surface area contributed by atoms with Gasteiger partial charge in [-0.3, -0.25) is 10.2 Å². The average Bonchev–Trinajstić information content (AvgIpc) is 3.57. The Hall–Kier alpha value is -5.09. The van der Waals surface area contributed by atoms with Gasteiger partial charge in [0.05, 0.1) is 12.6 Å². The average molecular weight is 539 g/mol. The highest BCUT2D eigenvalue weighted by Gasteiger charge is 2.27. The second kappa shape index (κ2) is 11.7. The lowest BCUT2D eigenvalue weighted by atomic mass is 10.1. The number of carboxylic acid groups (broad SMARTS) is 1. The van der Waals surface area contributed by atoms with Crippen LogP contribution in [0.25, 0.3) is 21.8 Å². The van der Waals surface area contributed by atoms with Gasteiger partial charge in [-0.2, -0.15) is 0 Å². The van der Waals surface area contributed by atoms with Gasteiger partial charge >= 0.3 is 12.0 Å². The number of nitrogens with two attached hydrogens (primary N) is 1. The zero-order chi connectivity index (χ0) is 28.1. The number of H-pyrrole nitrogens is 2. The van der Waals surface area contributed by atoms with E-state index in [1.54, 1.807) is 18.3 Å². The number of aromatic amines is 2. The molecule has 0 saturated carbocycles. The molecule has 0 radical (unpaired) electrons. The van der Waals surface area contributed by atoms with Crippen molar-refractivity contribution in [3.05, 3.63) is 108 Å². The first-order valence-electron chi connectivity index (χ1n) is 12.9. The normalized spacial score (nSPS) is 12.6. The third-order valence-corrected chi connectivity index (χ3v) is 6.82. The lowest BCUT2D eigenvalue weighted by Crippen LogP contribution is -2.57. The van der Waals surface area contributed by atoms with Gasteiger partial charge in [-0.15, -0.1) is 0 Å². The molecular weight excluding hydrogens is 508 g/mol.